The summed E-state index contributed by atoms with van der Waals surface area (Å²) in [5.74, 6) is -0.175. The molecule has 1 atom stereocenters. The van der Waals surface area contributed by atoms with Crippen molar-refractivity contribution in [1.29, 1.82) is 0 Å². The summed E-state index contributed by atoms with van der Waals surface area (Å²) in [5.41, 5.74) is 0.618. The van der Waals surface area contributed by atoms with Gasteiger partial charge in [-0.2, -0.15) is 0 Å². The Labute approximate surface area is 114 Å². The fraction of sp³-hybridized carbons (Fsp3) is 0.600. The van der Waals surface area contributed by atoms with Crippen LogP contribution in [0.15, 0.2) is 24.3 Å². The maximum Gasteiger partial charge on any atom is 0.146 e. The summed E-state index contributed by atoms with van der Waals surface area (Å²) in [5, 5.41) is 9.20. The first-order valence-electron chi connectivity index (χ1n) is 6.79. The second-order valence-corrected chi connectivity index (χ2v) is 5.92. The van der Waals surface area contributed by atoms with Gasteiger partial charge in [-0.3, -0.25) is 4.90 Å². The Balaban J connectivity index is 2.25. The van der Waals surface area contributed by atoms with Gasteiger partial charge in [0.2, 0.25) is 0 Å². The van der Waals surface area contributed by atoms with E-state index >= 15 is 0 Å². The summed E-state index contributed by atoms with van der Waals surface area (Å²) in [6, 6.07) is 7.15. The van der Waals surface area contributed by atoms with Crippen molar-refractivity contribution in [2.75, 3.05) is 31.6 Å². The van der Waals surface area contributed by atoms with Gasteiger partial charge in [-0.15, -0.1) is 0 Å². The molecule has 0 radical (unpaired) electrons. The Kier molecular flexibility index (Phi) is 4.11. The van der Waals surface area contributed by atoms with Crippen LogP contribution in [0.5, 0.6) is 0 Å². The number of benzene rings is 1. The number of likely N-dealkylation sites (N-methyl/N-ethyl adjacent to an activating group) is 1. The van der Waals surface area contributed by atoms with Crippen LogP contribution in [0.2, 0.25) is 0 Å². The first-order valence-corrected chi connectivity index (χ1v) is 6.79. The number of aliphatic hydroxyl groups excluding tert-OH is 1. The predicted octanol–water partition coefficient (Wildman–Crippen LogP) is 2.11. The van der Waals surface area contributed by atoms with Crippen LogP contribution in [0.4, 0.5) is 10.1 Å². The molecule has 1 unspecified atom stereocenters. The molecule has 1 aliphatic heterocycles. The van der Waals surface area contributed by atoms with Gasteiger partial charge in [0.25, 0.3) is 0 Å². The lowest BCUT2D eigenvalue weighted by atomic mass is 9.94. The molecule has 0 aromatic heterocycles. The van der Waals surface area contributed by atoms with Crippen LogP contribution in [0.25, 0.3) is 0 Å². The normalized spacial score (nSPS) is 23.6. The highest BCUT2D eigenvalue weighted by Crippen LogP contribution is 2.30. The SMILES string of the molecule is CN1C(CCO)CN(c2ccccc2F)CC1(C)C. The Hall–Kier alpha value is -1.13. The number of para-hydroxylation sites is 1. The maximum atomic E-state index is 13.9. The third-order valence-corrected chi connectivity index (χ3v) is 4.17. The summed E-state index contributed by atoms with van der Waals surface area (Å²) < 4.78 is 13.9. The summed E-state index contributed by atoms with van der Waals surface area (Å²) in [6.07, 6.45) is 0.713. The fourth-order valence-electron chi connectivity index (χ4n) is 2.84. The second-order valence-electron chi connectivity index (χ2n) is 5.92. The molecular weight excluding hydrogens is 243 g/mol. The molecule has 1 heterocycles. The zero-order chi connectivity index (χ0) is 14.0. The van der Waals surface area contributed by atoms with E-state index in [0.717, 1.165) is 13.1 Å². The Bertz CT molecular complexity index is 436. The van der Waals surface area contributed by atoms with Crippen LogP contribution in [0.3, 0.4) is 0 Å². The third kappa shape index (κ3) is 2.90. The first kappa shape index (κ1) is 14.3. The van der Waals surface area contributed by atoms with Gasteiger partial charge in [-0.1, -0.05) is 12.1 Å². The molecule has 1 aliphatic rings. The zero-order valence-corrected chi connectivity index (χ0v) is 11.9. The van der Waals surface area contributed by atoms with Gasteiger partial charge in [0.1, 0.15) is 5.82 Å². The number of piperazine rings is 1. The standard InChI is InChI=1S/C15H23FN2O/c1-15(2)11-18(10-12(8-9-19)17(15)3)14-7-5-4-6-13(14)16/h4-7,12,19H,8-11H2,1-3H3. The van der Waals surface area contributed by atoms with E-state index < -0.39 is 0 Å². The number of anilines is 1. The number of rotatable bonds is 3. The molecule has 3 nitrogen and oxygen atoms in total. The highest BCUT2D eigenvalue weighted by molar-refractivity contribution is 5.49. The lowest BCUT2D eigenvalue weighted by molar-refractivity contribution is 0.0649. The van der Waals surface area contributed by atoms with Gasteiger partial charge in [0.05, 0.1) is 5.69 Å². The quantitative estimate of drug-likeness (QED) is 0.907. The van der Waals surface area contributed by atoms with E-state index in [9.17, 15) is 9.50 Å². The Morgan fingerprint density at radius 2 is 2.05 bits per heavy atom. The minimum Gasteiger partial charge on any atom is -0.396 e. The fourth-order valence-corrected chi connectivity index (χ4v) is 2.84. The minimum atomic E-state index is -0.175. The number of nitrogens with zero attached hydrogens (tertiary/aromatic N) is 2. The average Bonchev–Trinajstić information content (AvgIpc) is 2.35. The summed E-state index contributed by atoms with van der Waals surface area (Å²) >= 11 is 0. The Morgan fingerprint density at radius 1 is 1.37 bits per heavy atom. The summed E-state index contributed by atoms with van der Waals surface area (Å²) in [4.78, 5) is 4.39. The van der Waals surface area contributed by atoms with E-state index in [1.807, 2.05) is 12.1 Å². The third-order valence-electron chi connectivity index (χ3n) is 4.17. The maximum absolute atomic E-state index is 13.9. The number of hydrogen-bond acceptors (Lipinski definition) is 3. The first-order chi connectivity index (χ1) is 8.95. The van der Waals surface area contributed by atoms with E-state index in [2.05, 4.69) is 30.7 Å². The molecule has 0 saturated carbocycles. The van der Waals surface area contributed by atoms with E-state index in [1.54, 1.807) is 6.07 Å². The van der Waals surface area contributed by atoms with Crippen molar-refractivity contribution < 1.29 is 9.50 Å². The molecule has 106 valence electrons. The number of aliphatic hydroxyl groups is 1. The van der Waals surface area contributed by atoms with Crippen molar-refractivity contribution >= 4 is 5.69 Å². The van der Waals surface area contributed by atoms with Gasteiger partial charge in [0, 0.05) is 31.3 Å². The van der Waals surface area contributed by atoms with Gasteiger partial charge in [-0.05, 0) is 39.4 Å². The molecule has 1 saturated heterocycles. The van der Waals surface area contributed by atoms with Crippen LogP contribution in [0, 0.1) is 5.82 Å². The van der Waals surface area contributed by atoms with Crippen molar-refractivity contribution in [3.8, 4) is 0 Å². The molecule has 0 amide bonds. The molecule has 4 heteroatoms. The lowest BCUT2D eigenvalue weighted by Gasteiger charge is -2.51. The van der Waals surface area contributed by atoms with Gasteiger partial charge in [0.15, 0.2) is 0 Å². The van der Waals surface area contributed by atoms with Gasteiger partial charge < -0.3 is 10.0 Å². The van der Waals surface area contributed by atoms with Crippen molar-refractivity contribution in [1.82, 2.24) is 4.90 Å². The summed E-state index contributed by atoms with van der Waals surface area (Å²) in [6.45, 7) is 6.01. The highest BCUT2D eigenvalue weighted by Gasteiger charge is 2.37. The van der Waals surface area contributed by atoms with Crippen molar-refractivity contribution in [2.45, 2.75) is 31.8 Å². The predicted molar refractivity (Wildman–Crippen MR) is 75.9 cm³/mol. The number of hydrogen-bond donors (Lipinski definition) is 1. The van der Waals surface area contributed by atoms with Crippen molar-refractivity contribution in [2.24, 2.45) is 0 Å². The summed E-state index contributed by atoms with van der Waals surface area (Å²) in [7, 11) is 2.08. The van der Waals surface area contributed by atoms with Crippen LogP contribution in [0.1, 0.15) is 20.3 Å². The molecular formula is C15H23FN2O. The number of halogens is 1. The van der Waals surface area contributed by atoms with E-state index in [1.165, 1.54) is 6.07 Å². The molecule has 0 bridgehead atoms. The molecule has 19 heavy (non-hydrogen) atoms. The Morgan fingerprint density at radius 3 is 2.68 bits per heavy atom. The minimum absolute atomic E-state index is 0.0413. The largest absolute Gasteiger partial charge is 0.396 e. The van der Waals surface area contributed by atoms with Crippen molar-refractivity contribution in [3.63, 3.8) is 0 Å². The molecule has 0 aliphatic carbocycles. The van der Waals surface area contributed by atoms with Crippen LogP contribution in [-0.2, 0) is 0 Å². The molecule has 1 aromatic rings. The van der Waals surface area contributed by atoms with Crippen LogP contribution < -0.4 is 4.90 Å². The van der Waals surface area contributed by atoms with Crippen LogP contribution >= 0.6 is 0 Å². The second kappa shape index (κ2) is 5.47. The van der Waals surface area contributed by atoms with E-state index in [0.29, 0.717) is 12.1 Å². The molecule has 1 aromatic carbocycles. The molecule has 0 spiro atoms. The lowest BCUT2D eigenvalue weighted by Crippen LogP contribution is -2.62. The topological polar surface area (TPSA) is 26.7 Å². The molecule has 2 rings (SSSR count). The highest BCUT2D eigenvalue weighted by atomic mass is 19.1. The van der Waals surface area contributed by atoms with Gasteiger partial charge in [-0.25, -0.2) is 4.39 Å². The zero-order valence-electron chi connectivity index (χ0n) is 11.9. The molecule has 1 fully saturated rings. The smallest absolute Gasteiger partial charge is 0.146 e. The van der Waals surface area contributed by atoms with Crippen LogP contribution in [-0.4, -0.2) is 48.3 Å². The van der Waals surface area contributed by atoms with E-state index in [-0.39, 0.29) is 24.0 Å². The average molecular weight is 266 g/mol. The van der Waals surface area contributed by atoms with E-state index in [4.69, 9.17) is 0 Å². The molecule has 1 N–H and O–H groups in total. The van der Waals surface area contributed by atoms with Gasteiger partial charge >= 0.3 is 0 Å². The monoisotopic (exact) mass is 266 g/mol. The van der Waals surface area contributed by atoms with Crippen molar-refractivity contribution in [3.05, 3.63) is 30.1 Å².